The number of nitrogens with one attached hydrogen (secondary N) is 2. The van der Waals surface area contributed by atoms with E-state index in [0.29, 0.717) is 16.0 Å². The molecule has 0 fully saturated rings. The van der Waals surface area contributed by atoms with Gasteiger partial charge < -0.3 is 10.3 Å². The molecule has 1 amide bonds. The smallest absolute Gasteiger partial charge is 0.261 e. The van der Waals surface area contributed by atoms with Crippen molar-refractivity contribution in [1.29, 1.82) is 0 Å². The maximum Gasteiger partial charge on any atom is 0.261 e. The maximum atomic E-state index is 11.9. The predicted molar refractivity (Wildman–Crippen MR) is 71.7 cm³/mol. The highest BCUT2D eigenvalue weighted by Gasteiger charge is 2.11. The van der Waals surface area contributed by atoms with Crippen LogP contribution < -0.4 is 10.9 Å². The van der Waals surface area contributed by atoms with Gasteiger partial charge in [-0.25, -0.2) is 4.98 Å². The third-order valence-electron chi connectivity index (χ3n) is 2.36. The fourth-order valence-electron chi connectivity index (χ4n) is 1.45. The number of halogens is 1. The van der Waals surface area contributed by atoms with Crippen LogP contribution in [0.25, 0.3) is 0 Å². The second-order valence-electron chi connectivity index (χ2n) is 3.63. The van der Waals surface area contributed by atoms with E-state index in [2.05, 4.69) is 31.2 Å². The first-order valence-electron chi connectivity index (χ1n) is 5.20. The zero-order valence-corrected chi connectivity index (χ0v) is 11.1. The Morgan fingerprint density at radius 1 is 1.39 bits per heavy atom. The number of hydrogen-bond donors (Lipinski definition) is 2. The van der Waals surface area contributed by atoms with Gasteiger partial charge in [-0.1, -0.05) is 0 Å². The van der Waals surface area contributed by atoms with E-state index in [1.54, 1.807) is 25.1 Å². The first-order valence-corrected chi connectivity index (χ1v) is 5.99. The number of carbonyl (C=O) groups excluding carboxylic acids is 1. The Hall–Kier alpha value is -1.95. The standard InChI is InChI=1S/C12H10BrN3O2/c1-7-9(4-5-10(13)15-7)16-12(18)8-3-2-6-14-11(8)17/h2-6H,1H3,(H,14,17)(H,16,18). The van der Waals surface area contributed by atoms with Crippen LogP contribution in [0.2, 0.25) is 0 Å². The number of aryl methyl sites for hydroxylation is 1. The molecule has 0 aliphatic heterocycles. The van der Waals surface area contributed by atoms with Crippen molar-refractivity contribution in [2.75, 3.05) is 5.32 Å². The second kappa shape index (κ2) is 5.14. The van der Waals surface area contributed by atoms with Crippen molar-refractivity contribution in [3.63, 3.8) is 0 Å². The van der Waals surface area contributed by atoms with Gasteiger partial charge in [0.25, 0.3) is 11.5 Å². The summed E-state index contributed by atoms with van der Waals surface area (Å²) in [5.74, 6) is -0.455. The largest absolute Gasteiger partial charge is 0.328 e. The van der Waals surface area contributed by atoms with E-state index in [4.69, 9.17) is 0 Å². The number of aromatic nitrogens is 2. The molecule has 0 aliphatic rings. The molecule has 0 aliphatic carbocycles. The lowest BCUT2D eigenvalue weighted by Crippen LogP contribution is -2.22. The van der Waals surface area contributed by atoms with Crippen LogP contribution in [0.3, 0.4) is 0 Å². The molecule has 0 unspecified atom stereocenters. The third-order valence-corrected chi connectivity index (χ3v) is 2.80. The van der Waals surface area contributed by atoms with Crippen LogP contribution in [-0.4, -0.2) is 15.9 Å². The third kappa shape index (κ3) is 2.65. The Balaban J connectivity index is 2.27. The summed E-state index contributed by atoms with van der Waals surface area (Å²) in [6.45, 7) is 1.77. The lowest BCUT2D eigenvalue weighted by atomic mass is 10.2. The molecule has 2 N–H and O–H groups in total. The van der Waals surface area contributed by atoms with E-state index >= 15 is 0 Å². The van der Waals surface area contributed by atoms with E-state index in [-0.39, 0.29) is 5.56 Å². The molecule has 0 radical (unpaired) electrons. The quantitative estimate of drug-likeness (QED) is 0.834. The van der Waals surface area contributed by atoms with E-state index < -0.39 is 11.5 Å². The van der Waals surface area contributed by atoms with Crippen molar-refractivity contribution in [2.45, 2.75) is 6.92 Å². The van der Waals surface area contributed by atoms with E-state index in [0.717, 1.165) is 0 Å². The van der Waals surface area contributed by atoms with Gasteiger partial charge in [0.1, 0.15) is 10.2 Å². The summed E-state index contributed by atoms with van der Waals surface area (Å²) in [7, 11) is 0. The summed E-state index contributed by atoms with van der Waals surface area (Å²) in [5, 5.41) is 2.65. The lowest BCUT2D eigenvalue weighted by Gasteiger charge is -2.07. The lowest BCUT2D eigenvalue weighted by molar-refractivity contribution is 0.102. The van der Waals surface area contributed by atoms with Crippen molar-refractivity contribution < 1.29 is 4.79 Å². The van der Waals surface area contributed by atoms with Crippen molar-refractivity contribution in [3.8, 4) is 0 Å². The molecule has 2 heterocycles. The first-order chi connectivity index (χ1) is 8.58. The van der Waals surface area contributed by atoms with Gasteiger partial charge in [0.05, 0.1) is 11.4 Å². The highest BCUT2D eigenvalue weighted by atomic mass is 79.9. The Morgan fingerprint density at radius 2 is 2.17 bits per heavy atom. The van der Waals surface area contributed by atoms with Crippen molar-refractivity contribution >= 4 is 27.5 Å². The van der Waals surface area contributed by atoms with Gasteiger partial charge in [-0.05, 0) is 47.1 Å². The topological polar surface area (TPSA) is 74.8 Å². The molecule has 92 valence electrons. The SMILES string of the molecule is Cc1nc(Br)ccc1NC(=O)c1ccc[nH]c1=O. The fourth-order valence-corrected chi connectivity index (χ4v) is 1.85. The van der Waals surface area contributed by atoms with Crippen LogP contribution in [0.4, 0.5) is 5.69 Å². The Kier molecular flexibility index (Phi) is 3.57. The van der Waals surface area contributed by atoms with E-state index in [1.165, 1.54) is 12.3 Å². The first kappa shape index (κ1) is 12.5. The van der Waals surface area contributed by atoms with Gasteiger partial charge in [0, 0.05) is 6.20 Å². The average molecular weight is 308 g/mol. The van der Waals surface area contributed by atoms with Crippen LogP contribution in [0.1, 0.15) is 16.1 Å². The van der Waals surface area contributed by atoms with E-state index in [9.17, 15) is 9.59 Å². The van der Waals surface area contributed by atoms with Crippen LogP contribution in [0, 0.1) is 6.92 Å². The zero-order chi connectivity index (χ0) is 13.1. The monoisotopic (exact) mass is 307 g/mol. The number of H-pyrrole nitrogens is 1. The van der Waals surface area contributed by atoms with Gasteiger partial charge in [0.15, 0.2) is 0 Å². The Bertz CT molecular complexity index is 652. The van der Waals surface area contributed by atoms with Crippen molar-refractivity contribution in [1.82, 2.24) is 9.97 Å². The van der Waals surface area contributed by atoms with Gasteiger partial charge in [-0.15, -0.1) is 0 Å². The second-order valence-corrected chi connectivity index (χ2v) is 4.45. The normalized spacial score (nSPS) is 10.1. The van der Waals surface area contributed by atoms with Gasteiger partial charge in [0.2, 0.25) is 0 Å². The predicted octanol–water partition coefficient (Wildman–Crippen LogP) is 2.09. The highest BCUT2D eigenvalue weighted by Crippen LogP contribution is 2.16. The minimum absolute atomic E-state index is 0.0693. The summed E-state index contributed by atoms with van der Waals surface area (Å²) in [5.41, 5.74) is 0.897. The van der Waals surface area contributed by atoms with Crippen molar-refractivity contribution in [2.24, 2.45) is 0 Å². The molecule has 0 aromatic carbocycles. The van der Waals surface area contributed by atoms with Crippen LogP contribution >= 0.6 is 15.9 Å². The van der Waals surface area contributed by atoms with Gasteiger partial charge in [-0.2, -0.15) is 0 Å². The summed E-state index contributed by atoms with van der Waals surface area (Å²) >= 11 is 3.24. The summed E-state index contributed by atoms with van der Waals surface area (Å²) in [4.78, 5) is 30.0. The Labute approximate surface area is 111 Å². The molecular formula is C12H10BrN3O2. The molecule has 0 atom stereocenters. The average Bonchev–Trinajstić information content (AvgIpc) is 2.33. The number of anilines is 1. The van der Waals surface area contributed by atoms with Crippen LogP contribution in [0.15, 0.2) is 39.9 Å². The number of carbonyl (C=O) groups is 1. The number of amides is 1. The molecule has 0 bridgehead atoms. The van der Waals surface area contributed by atoms with Gasteiger partial charge in [-0.3, -0.25) is 9.59 Å². The molecule has 0 saturated heterocycles. The van der Waals surface area contributed by atoms with Crippen LogP contribution in [-0.2, 0) is 0 Å². The molecule has 0 saturated carbocycles. The molecule has 2 aromatic rings. The molecule has 6 heteroatoms. The highest BCUT2D eigenvalue weighted by molar-refractivity contribution is 9.10. The number of nitrogens with zero attached hydrogens (tertiary/aromatic N) is 1. The maximum absolute atomic E-state index is 11.9. The van der Waals surface area contributed by atoms with Crippen molar-refractivity contribution in [3.05, 3.63) is 56.7 Å². The molecule has 2 rings (SSSR count). The summed E-state index contributed by atoms with van der Waals surface area (Å²) in [6, 6.07) is 6.51. The minimum Gasteiger partial charge on any atom is -0.328 e. The Morgan fingerprint density at radius 3 is 2.83 bits per heavy atom. The fraction of sp³-hybridized carbons (Fsp3) is 0.0833. The molecular weight excluding hydrogens is 298 g/mol. The zero-order valence-electron chi connectivity index (χ0n) is 9.53. The number of hydrogen-bond acceptors (Lipinski definition) is 3. The summed E-state index contributed by atoms with van der Waals surface area (Å²) < 4.78 is 0.690. The number of rotatable bonds is 2. The molecule has 0 spiro atoms. The summed E-state index contributed by atoms with van der Waals surface area (Å²) in [6.07, 6.45) is 1.48. The molecule has 2 aromatic heterocycles. The van der Waals surface area contributed by atoms with Crippen LogP contribution in [0.5, 0.6) is 0 Å². The van der Waals surface area contributed by atoms with E-state index in [1.807, 2.05) is 0 Å². The molecule has 18 heavy (non-hydrogen) atoms. The molecule has 5 nitrogen and oxygen atoms in total. The van der Waals surface area contributed by atoms with Gasteiger partial charge >= 0.3 is 0 Å². The minimum atomic E-state index is -0.455. The number of aromatic amines is 1. The number of pyridine rings is 2.